The SMILES string of the molecule is COc1ccc(Br)cc1C(O)c1ccc(F)c(F)c1F. The van der Waals surface area contributed by atoms with Gasteiger partial charge in [-0.2, -0.15) is 0 Å². The maximum atomic E-state index is 13.7. The minimum Gasteiger partial charge on any atom is -0.496 e. The zero-order valence-corrected chi connectivity index (χ0v) is 11.9. The van der Waals surface area contributed by atoms with Crippen LogP contribution in [0.2, 0.25) is 0 Å². The third-order valence-corrected chi connectivity index (χ3v) is 3.34. The molecule has 0 aliphatic carbocycles. The van der Waals surface area contributed by atoms with E-state index in [1.54, 1.807) is 12.1 Å². The maximum Gasteiger partial charge on any atom is 0.194 e. The van der Waals surface area contributed by atoms with Crippen molar-refractivity contribution in [1.29, 1.82) is 0 Å². The first-order valence-corrected chi connectivity index (χ1v) is 6.40. The number of methoxy groups -OCH3 is 1. The normalized spacial score (nSPS) is 12.3. The average Bonchev–Trinajstić information content (AvgIpc) is 2.44. The Morgan fingerprint density at radius 1 is 1.05 bits per heavy atom. The second kappa shape index (κ2) is 5.85. The first-order valence-electron chi connectivity index (χ1n) is 5.60. The molecule has 0 aromatic heterocycles. The average molecular weight is 347 g/mol. The molecule has 0 saturated heterocycles. The Morgan fingerprint density at radius 3 is 2.40 bits per heavy atom. The summed E-state index contributed by atoms with van der Waals surface area (Å²) in [5.41, 5.74) is -0.118. The number of halogens is 4. The van der Waals surface area contributed by atoms with Crippen molar-refractivity contribution in [3.8, 4) is 5.75 Å². The molecule has 0 aliphatic rings. The van der Waals surface area contributed by atoms with Crippen LogP contribution in [0.1, 0.15) is 17.2 Å². The second-order valence-electron chi connectivity index (χ2n) is 4.05. The third kappa shape index (κ3) is 2.66. The van der Waals surface area contributed by atoms with E-state index >= 15 is 0 Å². The summed E-state index contributed by atoms with van der Waals surface area (Å²) in [7, 11) is 1.39. The van der Waals surface area contributed by atoms with Crippen LogP contribution in [0.25, 0.3) is 0 Å². The van der Waals surface area contributed by atoms with Gasteiger partial charge < -0.3 is 9.84 Å². The van der Waals surface area contributed by atoms with Gasteiger partial charge in [0.1, 0.15) is 11.9 Å². The molecule has 0 bridgehead atoms. The lowest BCUT2D eigenvalue weighted by Gasteiger charge is -2.16. The van der Waals surface area contributed by atoms with Crippen molar-refractivity contribution in [2.75, 3.05) is 7.11 Å². The molecule has 2 aromatic carbocycles. The van der Waals surface area contributed by atoms with Gasteiger partial charge in [0.25, 0.3) is 0 Å². The Labute approximate surface area is 121 Å². The molecule has 1 N–H and O–H groups in total. The van der Waals surface area contributed by atoms with Gasteiger partial charge in [-0.05, 0) is 24.3 Å². The van der Waals surface area contributed by atoms with Crippen LogP contribution in [0.4, 0.5) is 13.2 Å². The van der Waals surface area contributed by atoms with Gasteiger partial charge in [0, 0.05) is 15.6 Å². The van der Waals surface area contributed by atoms with Gasteiger partial charge in [-0.25, -0.2) is 13.2 Å². The summed E-state index contributed by atoms with van der Waals surface area (Å²) in [6.45, 7) is 0. The van der Waals surface area contributed by atoms with E-state index in [-0.39, 0.29) is 11.1 Å². The Hall–Kier alpha value is -1.53. The Morgan fingerprint density at radius 2 is 1.75 bits per heavy atom. The summed E-state index contributed by atoms with van der Waals surface area (Å²) >= 11 is 3.22. The molecule has 0 spiro atoms. The molecule has 106 valence electrons. The van der Waals surface area contributed by atoms with Crippen molar-refractivity contribution < 1.29 is 23.0 Å². The summed E-state index contributed by atoms with van der Waals surface area (Å²) < 4.78 is 45.5. The molecule has 6 heteroatoms. The van der Waals surface area contributed by atoms with E-state index < -0.39 is 23.6 Å². The Bertz CT molecular complexity index is 647. The smallest absolute Gasteiger partial charge is 0.194 e. The summed E-state index contributed by atoms with van der Waals surface area (Å²) in [6.07, 6.45) is -1.47. The number of rotatable bonds is 3. The standard InChI is InChI=1S/C14H10BrF3O2/c1-20-11-5-2-7(15)6-9(11)14(19)8-3-4-10(16)13(18)12(8)17/h2-6,14,19H,1H3. The summed E-state index contributed by atoms with van der Waals surface area (Å²) in [5, 5.41) is 10.2. The maximum absolute atomic E-state index is 13.7. The molecule has 0 heterocycles. The van der Waals surface area contributed by atoms with Crippen molar-refractivity contribution in [2.24, 2.45) is 0 Å². The molecular weight excluding hydrogens is 337 g/mol. The first-order chi connectivity index (χ1) is 9.45. The van der Waals surface area contributed by atoms with Crippen molar-refractivity contribution in [1.82, 2.24) is 0 Å². The second-order valence-corrected chi connectivity index (χ2v) is 4.97. The molecule has 2 rings (SSSR count). The van der Waals surface area contributed by atoms with Crippen molar-refractivity contribution in [3.05, 3.63) is 63.4 Å². The molecule has 0 saturated carbocycles. The van der Waals surface area contributed by atoms with Gasteiger partial charge in [0.05, 0.1) is 7.11 Å². The lowest BCUT2D eigenvalue weighted by atomic mass is 10.00. The lowest BCUT2D eigenvalue weighted by Crippen LogP contribution is -2.07. The molecule has 1 unspecified atom stereocenters. The quantitative estimate of drug-likeness (QED) is 0.852. The molecule has 1 atom stereocenters. The minimum atomic E-state index is -1.62. The van der Waals surface area contributed by atoms with Crippen molar-refractivity contribution >= 4 is 15.9 Å². The highest BCUT2D eigenvalue weighted by molar-refractivity contribution is 9.10. The van der Waals surface area contributed by atoms with E-state index in [0.29, 0.717) is 10.2 Å². The number of aliphatic hydroxyl groups is 1. The van der Waals surface area contributed by atoms with Crippen molar-refractivity contribution in [3.63, 3.8) is 0 Å². The van der Waals surface area contributed by atoms with Crippen LogP contribution in [-0.4, -0.2) is 12.2 Å². The molecule has 0 fully saturated rings. The number of benzene rings is 2. The number of aliphatic hydroxyl groups excluding tert-OH is 1. The van der Waals surface area contributed by atoms with E-state index in [1.165, 1.54) is 13.2 Å². The predicted octanol–water partition coefficient (Wildman–Crippen LogP) is 3.96. The molecule has 0 radical (unpaired) electrons. The highest BCUT2D eigenvalue weighted by Crippen LogP contribution is 2.34. The topological polar surface area (TPSA) is 29.5 Å². The van der Waals surface area contributed by atoms with E-state index in [1.807, 2.05) is 0 Å². The van der Waals surface area contributed by atoms with Gasteiger partial charge in [-0.3, -0.25) is 0 Å². The van der Waals surface area contributed by atoms with Gasteiger partial charge >= 0.3 is 0 Å². The fourth-order valence-electron chi connectivity index (χ4n) is 1.84. The van der Waals surface area contributed by atoms with Crippen LogP contribution in [0, 0.1) is 17.5 Å². The number of ether oxygens (including phenoxy) is 1. The summed E-state index contributed by atoms with van der Waals surface area (Å²) in [5.74, 6) is -4.03. The third-order valence-electron chi connectivity index (χ3n) is 2.85. The zero-order chi connectivity index (χ0) is 14.9. The van der Waals surface area contributed by atoms with Crippen LogP contribution in [0.3, 0.4) is 0 Å². The lowest BCUT2D eigenvalue weighted by molar-refractivity contribution is 0.207. The highest BCUT2D eigenvalue weighted by atomic mass is 79.9. The van der Waals surface area contributed by atoms with Gasteiger partial charge in [-0.1, -0.05) is 22.0 Å². The number of hydrogen-bond donors (Lipinski definition) is 1. The van der Waals surface area contributed by atoms with Gasteiger partial charge in [0.15, 0.2) is 17.5 Å². The molecular formula is C14H10BrF3O2. The van der Waals surface area contributed by atoms with E-state index in [2.05, 4.69) is 15.9 Å². The number of hydrogen-bond acceptors (Lipinski definition) is 2. The largest absolute Gasteiger partial charge is 0.496 e. The summed E-state index contributed by atoms with van der Waals surface area (Å²) in [6, 6.07) is 6.53. The van der Waals surface area contributed by atoms with Gasteiger partial charge in [0.2, 0.25) is 0 Å². The van der Waals surface area contributed by atoms with E-state index in [9.17, 15) is 18.3 Å². The first kappa shape index (κ1) is 14.9. The van der Waals surface area contributed by atoms with Crippen LogP contribution in [0.5, 0.6) is 5.75 Å². The highest BCUT2D eigenvalue weighted by Gasteiger charge is 2.23. The van der Waals surface area contributed by atoms with E-state index in [0.717, 1.165) is 12.1 Å². The van der Waals surface area contributed by atoms with Crippen LogP contribution < -0.4 is 4.74 Å². The van der Waals surface area contributed by atoms with Crippen LogP contribution >= 0.6 is 15.9 Å². The Kier molecular flexibility index (Phi) is 4.35. The van der Waals surface area contributed by atoms with Crippen LogP contribution in [0.15, 0.2) is 34.8 Å². The minimum absolute atomic E-state index is 0.242. The fourth-order valence-corrected chi connectivity index (χ4v) is 2.22. The molecule has 2 aromatic rings. The van der Waals surface area contributed by atoms with E-state index in [4.69, 9.17) is 4.74 Å². The predicted molar refractivity (Wildman–Crippen MR) is 71.1 cm³/mol. The molecule has 2 nitrogen and oxygen atoms in total. The van der Waals surface area contributed by atoms with Crippen molar-refractivity contribution in [2.45, 2.75) is 6.10 Å². The summed E-state index contributed by atoms with van der Waals surface area (Å²) in [4.78, 5) is 0. The fraction of sp³-hybridized carbons (Fsp3) is 0.143. The Balaban J connectivity index is 2.54. The molecule has 0 amide bonds. The monoisotopic (exact) mass is 346 g/mol. The van der Waals surface area contributed by atoms with Gasteiger partial charge in [-0.15, -0.1) is 0 Å². The zero-order valence-electron chi connectivity index (χ0n) is 10.3. The van der Waals surface area contributed by atoms with Crippen LogP contribution in [-0.2, 0) is 0 Å². The molecule has 20 heavy (non-hydrogen) atoms. The molecule has 0 aliphatic heterocycles.